The SMILES string of the molecule is CC[C@@]1(O)C(=O)OCc2c1cc1n(c2=O)Cc2c-1nc1cc(F)c(C)c3c1c2[C@@H](NC(=O)OCc1ccc(NC(=O)C(CCCNC(N)=O)NC(=O)[C@H](N)C(C)C)cc1)CC3. The Labute approximate surface area is 349 Å². The Morgan fingerprint density at radius 2 is 1.84 bits per heavy atom. The molecule has 4 heterocycles. The fourth-order valence-corrected chi connectivity index (χ4v) is 8.30. The quantitative estimate of drug-likeness (QED) is 0.0669. The molecule has 0 spiro atoms. The first-order valence-corrected chi connectivity index (χ1v) is 20.3. The number of amides is 5. The molecule has 0 fully saturated rings. The van der Waals surface area contributed by atoms with Crippen molar-refractivity contribution in [3.8, 4) is 11.4 Å². The van der Waals surface area contributed by atoms with Crippen LogP contribution in [0.5, 0.6) is 0 Å². The minimum absolute atomic E-state index is 0.0242. The fourth-order valence-electron chi connectivity index (χ4n) is 8.30. The van der Waals surface area contributed by atoms with E-state index < -0.39 is 65.0 Å². The van der Waals surface area contributed by atoms with E-state index in [0.29, 0.717) is 69.5 Å². The van der Waals surface area contributed by atoms with E-state index in [-0.39, 0.29) is 56.2 Å². The molecule has 0 saturated carbocycles. The number of ether oxygens (including phenoxy) is 2. The van der Waals surface area contributed by atoms with E-state index >= 15 is 4.39 Å². The molecule has 7 rings (SSSR count). The number of rotatable bonds is 13. The molecule has 4 atom stereocenters. The lowest BCUT2D eigenvalue weighted by molar-refractivity contribution is -0.172. The minimum atomic E-state index is -2.02. The number of aromatic nitrogens is 2. The molecular formula is C43H49FN8O9. The van der Waals surface area contributed by atoms with Gasteiger partial charge in [0, 0.05) is 34.8 Å². The molecule has 4 aromatic rings. The van der Waals surface area contributed by atoms with Crippen LogP contribution < -0.4 is 38.3 Å². The van der Waals surface area contributed by atoms with Crippen LogP contribution in [0.15, 0.2) is 41.2 Å². The van der Waals surface area contributed by atoms with Gasteiger partial charge in [-0.2, -0.15) is 0 Å². The zero-order valence-electron chi connectivity index (χ0n) is 34.3. The Hall–Kier alpha value is -6.40. The number of pyridine rings is 2. The molecule has 1 aliphatic carbocycles. The molecule has 5 amide bonds. The number of hydrogen-bond acceptors (Lipinski definition) is 11. The van der Waals surface area contributed by atoms with E-state index in [1.165, 1.54) is 10.6 Å². The van der Waals surface area contributed by atoms with Crippen molar-refractivity contribution in [2.75, 3.05) is 11.9 Å². The molecule has 0 saturated heterocycles. The Bertz CT molecular complexity index is 2520. The molecule has 17 nitrogen and oxygen atoms in total. The summed E-state index contributed by atoms with van der Waals surface area (Å²) < 4.78 is 27.7. The Morgan fingerprint density at radius 3 is 2.52 bits per heavy atom. The molecule has 0 bridgehead atoms. The minimum Gasteiger partial charge on any atom is -0.458 e. The van der Waals surface area contributed by atoms with Gasteiger partial charge in [0.15, 0.2) is 5.60 Å². The Morgan fingerprint density at radius 1 is 1.10 bits per heavy atom. The molecule has 61 heavy (non-hydrogen) atoms. The average molecular weight is 841 g/mol. The van der Waals surface area contributed by atoms with Crippen LogP contribution in [0, 0.1) is 18.7 Å². The van der Waals surface area contributed by atoms with E-state index in [1.54, 1.807) is 58.0 Å². The summed E-state index contributed by atoms with van der Waals surface area (Å²) in [7, 11) is 0. The van der Waals surface area contributed by atoms with E-state index in [1.807, 2.05) is 0 Å². The van der Waals surface area contributed by atoms with Crippen LogP contribution >= 0.6 is 0 Å². The number of hydrogen-bond donors (Lipinski definition) is 7. The maximum absolute atomic E-state index is 15.3. The third kappa shape index (κ3) is 8.12. The summed E-state index contributed by atoms with van der Waals surface area (Å²) >= 11 is 0. The van der Waals surface area contributed by atoms with Gasteiger partial charge in [0.05, 0.1) is 41.1 Å². The normalized spacial score (nSPS) is 18.3. The zero-order chi connectivity index (χ0) is 43.9. The summed E-state index contributed by atoms with van der Waals surface area (Å²) in [4.78, 5) is 82.0. The van der Waals surface area contributed by atoms with Gasteiger partial charge in [0.2, 0.25) is 11.8 Å². The molecule has 3 aliphatic rings. The van der Waals surface area contributed by atoms with E-state index in [4.69, 9.17) is 25.9 Å². The van der Waals surface area contributed by atoms with Gasteiger partial charge in [-0.15, -0.1) is 0 Å². The molecule has 2 aromatic carbocycles. The van der Waals surface area contributed by atoms with Crippen molar-refractivity contribution in [3.05, 3.63) is 91.5 Å². The van der Waals surface area contributed by atoms with E-state index in [2.05, 4.69) is 21.3 Å². The second kappa shape index (κ2) is 16.9. The second-order valence-corrected chi connectivity index (χ2v) is 16.1. The lowest BCUT2D eigenvalue weighted by atomic mass is 9.81. The lowest BCUT2D eigenvalue weighted by Gasteiger charge is -2.31. The number of halogens is 1. The van der Waals surface area contributed by atoms with Crippen molar-refractivity contribution < 1.29 is 42.9 Å². The summed E-state index contributed by atoms with van der Waals surface area (Å²) in [5.41, 5.74) is 13.7. The highest BCUT2D eigenvalue weighted by atomic mass is 19.1. The van der Waals surface area contributed by atoms with Crippen LogP contribution in [0.25, 0.3) is 22.3 Å². The van der Waals surface area contributed by atoms with Gasteiger partial charge >= 0.3 is 18.1 Å². The fraction of sp³-hybridized carbons (Fsp3) is 0.419. The van der Waals surface area contributed by atoms with E-state index in [0.717, 1.165) is 5.56 Å². The number of primary amides is 1. The number of anilines is 1. The summed E-state index contributed by atoms with van der Waals surface area (Å²) in [6.07, 6.45) is 0.653. The van der Waals surface area contributed by atoms with Gasteiger partial charge < -0.3 is 51.9 Å². The van der Waals surface area contributed by atoms with Crippen molar-refractivity contribution in [1.29, 1.82) is 0 Å². The molecule has 18 heteroatoms. The van der Waals surface area contributed by atoms with Gasteiger partial charge in [-0.05, 0) is 85.4 Å². The van der Waals surface area contributed by atoms with E-state index in [9.17, 15) is 33.9 Å². The number of nitrogens with one attached hydrogen (secondary N) is 4. The lowest BCUT2D eigenvalue weighted by Crippen LogP contribution is -2.51. The number of esters is 1. The number of urea groups is 1. The Kier molecular flexibility index (Phi) is 11.9. The molecule has 2 aromatic heterocycles. The van der Waals surface area contributed by atoms with Gasteiger partial charge in [-0.1, -0.05) is 32.9 Å². The smallest absolute Gasteiger partial charge is 0.407 e. The number of aliphatic hydroxyl groups is 1. The Balaban J connectivity index is 1.07. The summed E-state index contributed by atoms with van der Waals surface area (Å²) in [5.74, 6) is -2.42. The van der Waals surface area contributed by atoms with Crippen LogP contribution in [-0.4, -0.2) is 63.2 Å². The van der Waals surface area contributed by atoms with Gasteiger partial charge in [0.1, 0.15) is 25.1 Å². The van der Waals surface area contributed by atoms with Gasteiger partial charge in [-0.25, -0.2) is 23.8 Å². The van der Waals surface area contributed by atoms with Crippen LogP contribution in [0.4, 0.5) is 19.7 Å². The number of carbonyl (C=O) groups excluding carboxylic acids is 5. The standard InChI is InChI=1S/C43H49FN8O9/c1-5-43(59)27-15-32-36-25(17-52(32)39(55)26(27)19-60-40(43)56)34-29(13-12-24-21(4)28(44)16-31(49-36)33(24)34)51-42(58)61-18-22-8-10-23(11-9-22)48-37(53)30(7-6-14-47-41(46)57)50-38(54)35(45)20(2)3/h8-11,15-16,20,29-30,35,59H,5-7,12-14,17-19,45H2,1-4H3,(H,48,53)(H,50,54)(H,51,58)(H3,46,47,57)/t29-,30?,35+,43-/m0/s1. The van der Waals surface area contributed by atoms with Crippen LogP contribution in [0.2, 0.25) is 0 Å². The highest BCUT2D eigenvalue weighted by Gasteiger charge is 2.46. The number of fused-ring (bicyclic) bond motifs is 5. The number of nitrogens with zero attached hydrogens (tertiary/aromatic N) is 2. The first-order valence-electron chi connectivity index (χ1n) is 20.3. The van der Waals surface area contributed by atoms with Gasteiger partial charge in [0.25, 0.3) is 5.56 Å². The topological polar surface area (TPSA) is 259 Å². The van der Waals surface area contributed by atoms with Crippen LogP contribution in [0.1, 0.15) is 91.4 Å². The maximum atomic E-state index is 15.3. The van der Waals surface area contributed by atoms with Crippen LogP contribution in [-0.2, 0) is 55.6 Å². The molecular weight excluding hydrogens is 792 g/mol. The highest BCUT2D eigenvalue weighted by Crippen LogP contribution is 2.46. The molecule has 1 unspecified atom stereocenters. The summed E-state index contributed by atoms with van der Waals surface area (Å²) in [6, 6.07) is 6.44. The third-order valence-corrected chi connectivity index (χ3v) is 11.9. The number of nitrogens with two attached hydrogens (primary N) is 2. The highest BCUT2D eigenvalue weighted by molar-refractivity contribution is 5.98. The van der Waals surface area contributed by atoms with Gasteiger partial charge in [-0.3, -0.25) is 14.4 Å². The zero-order valence-corrected chi connectivity index (χ0v) is 34.3. The van der Waals surface area contributed by atoms with Crippen molar-refractivity contribution in [2.24, 2.45) is 17.4 Å². The first-order chi connectivity index (χ1) is 29.0. The van der Waals surface area contributed by atoms with Crippen molar-refractivity contribution >= 4 is 46.5 Å². The predicted molar refractivity (Wildman–Crippen MR) is 220 cm³/mol. The molecule has 322 valence electrons. The number of benzene rings is 2. The molecule has 0 radical (unpaired) electrons. The second-order valence-electron chi connectivity index (χ2n) is 16.1. The van der Waals surface area contributed by atoms with Crippen molar-refractivity contribution in [2.45, 2.75) is 103 Å². The number of alkyl carbamates (subject to hydrolysis) is 1. The summed E-state index contributed by atoms with van der Waals surface area (Å²) in [5, 5.41) is 22.9. The molecule has 2 aliphatic heterocycles. The average Bonchev–Trinajstić information content (AvgIpc) is 3.60. The number of carbonyl (C=O) groups is 5. The third-order valence-electron chi connectivity index (χ3n) is 11.9. The van der Waals surface area contributed by atoms with Crippen molar-refractivity contribution in [3.63, 3.8) is 0 Å². The van der Waals surface area contributed by atoms with Crippen LogP contribution in [0.3, 0.4) is 0 Å². The largest absolute Gasteiger partial charge is 0.458 e. The first kappa shape index (κ1) is 42.7. The summed E-state index contributed by atoms with van der Waals surface area (Å²) in [6.45, 7) is 6.78. The molecule has 9 N–H and O–H groups in total. The maximum Gasteiger partial charge on any atom is 0.407 e. The predicted octanol–water partition coefficient (Wildman–Crippen LogP) is 3.30. The van der Waals surface area contributed by atoms with Crippen molar-refractivity contribution in [1.82, 2.24) is 25.5 Å². The number of cyclic esters (lactones) is 1. The number of aryl methyl sites for hydroxylation is 1. The monoisotopic (exact) mass is 840 g/mol.